The van der Waals surface area contributed by atoms with Gasteiger partial charge in [-0.2, -0.15) is 4.98 Å². The molecule has 0 aromatic carbocycles. The van der Waals surface area contributed by atoms with Gasteiger partial charge in [0.25, 0.3) is 5.56 Å². The van der Waals surface area contributed by atoms with Crippen LogP contribution < -0.4 is 16.6 Å². The zero-order chi connectivity index (χ0) is 16.8. The normalized spacial score (nSPS) is 10.6. The second-order valence-corrected chi connectivity index (χ2v) is 5.73. The van der Waals surface area contributed by atoms with Crippen molar-refractivity contribution in [2.24, 2.45) is 12.8 Å². The molecule has 0 bridgehead atoms. The molecule has 0 saturated carbocycles. The van der Waals surface area contributed by atoms with Crippen LogP contribution in [-0.2, 0) is 13.6 Å². The van der Waals surface area contributed by atoms with Gasteiger partial charge in [-0.3, -0.25) is 13.9 Å². The maximum absolute atomic E-state index is 12.7. The first-order valence-corrected chi connectivity index (χ1v) is 8.17. The Bertz CT molecular complexity index is 801. The van der Waals surface area contributed by atoms with Crippen LogP contribution >= 0.6 is 11.8 Å². The predicted molar refractivity (Wildman–Crippen MR) is 91.6 cm³/mol. The molecule has 0 amide bonds. The highest BCUT2D eigenvalue weighted by atomic mass is 32.2. The van der Waals surface area contributed by atoms with Crippen LogP contribution in [0.25, 0.3) is 11.2 Å². The van der Waals surface area contributed by atoms with Crippen molar-refractivity contribution in [3.63, 3.8) is 0 Å². The minimum atomic E-state index is -0.193. The maximum Gasteiger partial charge on any atom is 0.280 e. The van der Waals surface area contributed by atoms with E-state index >= 15 is 0 Å². The van der Waals surface area contributed by atoms with Gasteiger partial charge >= 0.3 is 0 Å². The first kappa shape index (κ1) is 17.3. The number of nitrogens with one attached hydrogen (secondary N) is 1. The summed E-state index contributed by atoms with van der Waals surface area (Å²) in [6, 6.07) is 0. The monoisotopic (exact) mass is 336 g/mol. The summed E-state index contributed by atoms with van der Waals surface area (Å²) in [7, 11) is 1.66. The highest BCUT2D eigenvalue weighted by molar-refractivity contribution is 7.99. The summed E-state index contributed by atoms with van der Waals surface area (Å²) in [6.07, 6.45) is 0. The van der Waals surface area contributed by atoms with Gasteiger partial charge in [-0.05, 0) is 6.92 Å². The SMILES string of the molecule is CC#CCn1c(NCCN)nc2nc(SCCO)n(C)c(=O)c21. The average Bonchev–Trinajstić information content (AvgIpc) is 2.90. The zero-order valence-corrected chi connectivity index (χ0v) is 14.0. The minimum absolute atomic E-state index is 0.0163. The summed E-state index contributed by atoms with van der Waals surface area (Å²) in [6.45, 7) is 3.09. The van der Waals surface area contributed by atoms with E-state index in [1.54, 1.807) is 18.5 Å². The Morgan fingerprint density at radius 2 is 2.22 bits per heavy atom. The summed E-state index contributed by atoms with van der Waals surface area (Å²) in [5.74, 6) is 6.75. The van der Waals surface area contributed by atoms with Crippen LogP contribution in [0.4, 0.5) is 5.95 Å². The molecule has 2 aromatic heterocycles. The molecule has 124 valence electrons. The van der Waals surface area contributed by atoms with Crippen LogP contribution in [0.1, 0.15) is 6.92 Å². The van der Waals surface area contributed by atoms with Crippen LogP contribution in [0.15, 0.2) is 9.95 Å². The second-order valence-electron chi connectivity index (χ2n) is 4.67. The first-order chi connectivity index (χ1) is 11.1. The van der Waals surface area contributed by atoms with E-state index < -0.39 is 0 Å². The Balaban J connectivity index is 2.60. The summed E-state index contributed by atoms with van der Waals surface area (Å²) in [5, 5.41) is 12.6. The van der Waals surface area contributed by atoms with E-state index in [9.17, 15) is 4.79 Å². The molecule has 2 rings (SSSR count). The summed E-state index contributed by atoms with van der Waals surface area (Å²) < 4.78 is 3.18. The number of thioether (sulfide) groups is 1. The van der Waals surface area contributed by atoms with Crippen molar-refractivity contribution in [1.29, 1.82) is 0 Å². The molecule has 0 spiro atoms. The third-order valence-corrected chi connectivity index (χ3v) is 4.12. The molecule has 4 N–H and O–H groups in total. The van der Waals surface area contributed by atoms with E-state index in [-0.39, 0.29) is 12.2 Å². The lowest BCUT2D eigenvalue weighted by molar-refractivity contribution is 0.322. The van der Waals surface area contributed by atoms with Crippen LogP contribution in [0.3, 0.4) is 0 Å². The molecule has 9 heteroatoms. The van der Waals surface area contributed by atoms with Gasteiger partial charge in [0.05, 0.1) is 13.2 Å². The van der Waals surface area contributed by atoms with E-state index in [2.05, 4.69) is 27.1 Å². The van der Waals surface area contributed by atoms with Gasteiger partial charge < -0.3 is 16.2 Å². The van der Waals surface area contributed by atoms with Gasteiger partial charge in [0.1, 0.15) is 0 Å². The van der Waals surface area contributed by atoms with Crippen molar-refractivity contribution in [3.8, 4) is 11.8 Å². The molecule has 0 atom stereocenters. The molecular formula is C14H20N6O2S. The van der Waals surface area contributed by atoms with Crippen molar-refractivity contribution in [2.45, 2.75) is 18.6 Å². The molecule has 0 fully saturated rings. The standard InChI is InChI=1S/C14H20N6O2S/c1-3-4-7-20-10-11(17-13(20)16-6-5-15)18-14(23-9-8-21)19(2)12(10)22/h21H,5-9,15H2,1-2H3,(H,16,17). The van der Waals surface area contributed by atoms with E-state index in [1.807, 2.05) is 0 Å². The number of fused-ring (bicyclic) bond motifs is 1. The van der Waals surface area contributed by atoms with E-state index in [0.717, 1.165) is 0 Å². The second kappa shape index (κ2) is 8.01. The topological polar surface area (TPSA) is 111 Å². The van der Waals surface area contributed by atoms with Crippen molar-refractivity contribution in [2.75, 3.05) is 30.8 Å². The van der Waals surface area contributed by atoms with Crippen molar-refractivity contribution < 1.29 is 5.11 Å². The van der Waals surface area contributed by atoms with Gasteiger partial charge in [0.2, 0.25) is 5.95 Å². The first-order valence-electron chi connectivity index (χ1n) is 7.18. The lowest BCUT2D eigenvalue weighted by atomic mass is 10.5. The number of hydrogen-bond acceptors (Lipinski definition) is 7. The predicted octanol–water partition coefficient (Wildman–Crippen LogP) is -0.392. The van der Waals surface area contributed by atoms with Crippen LogP contribution in [0.5, 0.6) is 0 Å². The summed E-state index contributed by atoms with van der Waals surface area (Å²) in [4.78, 5) is 21.5. The van der Waals surface area contributed by atoms with E-state index in [0.29, 0.717) is 47.7 Å². The number of hydrogen-bond donors (Lipinski definition) is 3. The molecule has 0 unspecified atom stereocenters. The lowest BCUT2D eigenvalue weighted by Gasteiger charge is -2.08. The van der Waals surface area contributed by atoms with Crippen molar-refractivity contribution in [3.05, 3.63) is 10.4 Å². The Morgan fingerprint density at radius 3 is 2.87 bits per heavy atom. The van der Waals surface area contributed by atoms with Crippen molar-refractivity contribution >= 4 is 28.9 Å². The van der Waals surface area contributed by atoms with Crippen molar-refractivity contribution in [1.82, 2.24) is 19.1 Å². The van der Waals surface area contributed by atoms with Gasteiger partial charge in [0.15, 0.2) is 16.3 Å². The fourth-order valence-corrected chi connectivity index (χ4v) is 2.74. The summed E-state index contributed by atoms with van der Waals surface area (Å²) >= 11 is 1.31. The molecular weight excluding hydrogens is 316 g/mol. The molecule has 0 aliphatic carbocycles. The number of nitrogens with two attached hydrogens (primary N) is 1. The van der Waals surface area contributed by atoms with E-state index in [1.165, 1.54) is 16.3 Å². The fraction of sp³-hybridized carbons (Fsp3) is 0.500. The van der Waals surface area contributed by atoms with Crippen LogP contribution in [0, 0.1) is 11.8 Å². The van der Waals surface area contributed by atoms with Gasteiger partial charge in [-0.25, -0.2) is 4.98 Å². The van der Waals surface area contributed by atoms with Gasteiger partial charge in [-0.1, -0.05) is 17.7 Å². The number of imidazole rings is 1. The third-order valence-electron chi connectivity index (χ3n) is 3.11. The zero-order valence-electron chi connectivity index (χ0n) is 13.2. The van der Waals surface area contributed by atoms with Gasteiger partial charge in [-0.15, -0.1) is 5.92 Å². The summed E-state index contributed by atoms with van der Waals surface area (Å²) in [5.41, 5.74) is 6.10. The number of aromatic nitrogens is 4. The Morgan fingerprint density at radius 1 is 1.43 bits per heavy atom. The molecule has 0 aliphatic rings. The number of aliphatic hydroxyl groups is 1. The largest absolute Gasteiger partial charge is 0.396 e. The number of rotatable bonds is 7. The number of nitrogens with zero attached hydrogens (tertiary/aromatic N) is 4. The highest BCUT2D eigenvalue weighted by Crippen LogP contribution is 2.19. The number of aliphatic hydroxyl groups excluding tert-OH is 1. The van der Waals surface area contributed by atoms with Gasteiger partial charge in [0, 0.05) is 25.9 Å². The molecule has 2 aromatic rings. The molecule has 0 radical (unpaired) electrons. The quantitative estimate of drug-likeness (QED) is 0.359. The Kier molecular flexibility index (Phi) is 6.04. The third kappa shape index (κ3) is 3.67. The Hall–Kier alpha value is -2.02. The minimum Gasteiger partial charge on any atom is -0.396 e. The molecule has 23 heavy (non-hydrogen) atoms. The maximum atomic E-state index is 12.7. The average molecular weight is 336 g/mol. The number of anilines is 1. The fourth-order valence-electron chi connectivity index (χ4n) is 2.04. The molecule has 0 saturated heterocycles. The van der Waals surface area contributed by atoms with Crippen LogP contribution in [0.2, 0.25) is 0 Å². The lowest BCUT2D eigenvalue weighted by Crippen LogP contribution is -2.23. The smallest absolute Gasteiger partial charge is 0.280 e. The van der Waals surface area contributed by atoms with Crippen LogP contribution in [-0.4, -0.2) is 49.7 Å². The highest BCUT2D eigenvalue weighted by Gasteiger charge is 2.17. The van der Waals surface area contributed by atoms with E-state index in [4.69, 9.17) is 10.8 Å². The molecule has 8 nitrogen and oxygen atoms in total. The molecule has 0 aliphatic heterocycles. The Labute approximate surface area is 138 Å². The molecule has 2 heterocycles.